The molecule has 0 spiro atoms. The van der Waals surface area contributed by atoms with Gasteiger partial charge >= 0.3 is 0 Å². The molecule has 0 aliphatic rings. The number of thiophene rings is 3. The van der Waals surface area contributed by atoms with Crippen LogP contribution in [0.5, 0.6) is 0 Å². The van der Waals surface area contributed by atoms with Crippen LogP contribution in [0, 0.1) is 0 Å². The summed E-state index contributed by atoms with van der Waals surface area (Å²) in [4.78, 5) is 15.1. The highest BCUT2D eigenvalue weighted by Crippen LogP contribution is 1.92. The average molecular weight is 569 g/mol. The van der Waals surface area contributed by atoms with E-state index >= 15 is 0 Å². The molecule has 7 aromatic rings. The first-order chi connectivity index (χ1) is 19.5. The van der Waals surface area contributed by atoms with E-state index in [0.29, 0.717) is 0 Å². The standard InChI is InChI=1S/4C5H5N.3C4H4S/c4*1-2-4-6-5-3-1;3*1-2-4-5-3-1/h4*1-5H;3*1-4H. The van der Waals surface area contributed by atoms with Gasteiger partial charge in [-0.05, 0) is 80.8 Å². The van der Waals surface area contributed by atoms with Crippen molar-refractivity contribution in [3.63, 3.8) is 0 Å². The average Bonchev–Trinajstić information content (AvgIpc) is 3.89. The topological polar surface area (TPSA) is 51.6 Å². The zero-order valence-corrected chi connectivity index (χ0v) is 23.9. The van der Waals surface area contributed by atoms with E-state index in [1.807, 2.05) is 141 Å². The van der Waals surface area contributed by atoms with Crippen LogP contribution in [0.2, 0.25) is 0 Å². The van der Waals surface area contributed by atoms with Gasteiger partial charge in [0, 0.05) is 49.6 Å². The van der Waals surface area contributed by atoms with E-state index in [9.17, 15) is 0 Å². The Kier molecular flexibility index (Phi) is 25.1. The number of nitrogens with zero attached hydrogens (tertiary/aromatic N) is 4. The first kappa shape index (κ1) is 32.7. The molecular weight excluding hydrogens is 537 g/mol. The summed E-state index contributed by atoms with van der Waals surface area (Å²) in [5, 5.41) is 12.2. The minimum Gasteiger partial charge on any atom is -0.265 e. The lowest BCUT2D eigenvalue weighted by Crippen LogP contribution is -1.58. The maximum Gasteiger partial charge on any atom is 0.0267 e. The Labute approximate surface area is 244 Å². The SMILES string of the molecule is c1ccncc1.c1ccncc1.c1ccncc1.c1ccncc1.c1ccsc1.c1ccsc1.c1ccsc1. The highest BCUT2D eigenvalue weighted by molar-refractivity contribution is 7.08. The first-order valence-electron chi connectivity index (χ1n) is 11.8. The van der Waals surface area contributed by atoms with Gasteiger partial charge in [0.2, 0.25) is 0 Å². The van der Waals surface area contributed by atoms with Gasteiger partial charge in [-0.15, -0.1) is 0 Å². The monoisotopic (exact) mass is 568 g/mol. The molecule has 0 radical (unpaired) electrons. The third-order valence-corrected chi connectivity index (χ3v) is 5.43. The van der Waals surface area contributed by atoms with Crippen molar-refractivity contribution in [3.05, 3.63) is 191 Å². The van der Waals surface area contributed by atoms with Crippen LogP contribution in [-0.4, -0.2) is 19.9 Å². The summed E-state index contributed by atoms with van der Waals surface area (Å²) in [6.07, 6.45) is 14.0. The van der Waals surface area contributed by atoms with Gasteiger partial charge in [0.1, 0.15) is 0 Å². The highest BCUT2D eigenvalue weighted by Gasteiger charge is 1.61. The Morgan fingerprint density at radius 3 is 0.436 bits per heavy atom. The normalized spacial score (nSPS) is 8.00. The maximum atomic E-state index is 3.78. The lowest BCUT2D eigenvalue weighted by atomic mass is 10.5. The largest absolute Gasteiger partial charge is 0.265 e. The molecule has 0 aliphatic carbocycles. The molecule has 7 aromatic heterocycles. The van der Waals surface area contributed by atoms with Crippen molar-refractivity contribution >= 4 is 34.0 Å². The van der Waals surface area contributed by atoms with Crippen LogP contribution < -0.4 is 0 Å². The van der Waals surface area contributed by atoms with Crippen molar-refractivity contribution in [3.8, 4) is 0 Å². The van der Waals surface area contributed by atoms with E-state index in [2.05, 4.69) is 19.9 Å². The smallest absolute Gasteiger partial charge is 0.0267 e. The van der Waals surface area contributed by atoms with Crippen LogP contribution in [0.1, 0.15) is 0 Å². The molecule has 7 heteroatoms. The summed E-state index contributed by atoms with van der Waals surface area (Å²) in [5.41, 5.74) is 0. The summed E-state index contributed by atoms with van der Waals surface area (Å²) >= 11 is 5.14. The van der Waals surface area contributed by atoms with Gasteiger partial charge in [0.15, 0.2) is 0 Å². The van der Waals surface area contributed by atoms with Crippen molar-refractivity contribution in [2.45, 2.75) is 0 Å². The second kappa shape index (κ2) is 29.9. The van der Waals surface area contributed by atoms with Crippen LogP contribution in [-0.2, 0) is 0 Å². The van der Waals surface area contributed by atoms with Crippen molar-refractivity contribution in [1.29, 1.82) is 0 Å². The molecule has 0 unspecified atom stereocenters. The molecule has 7 heterocycles. The zero-order chi connectivity index (χ0) is 27.6. The number of aromatic nitrogens is 4. The predicted molar refractivity (Wildman–Crippen MR) is 170 cm³/mol. The van der Waals surface area contributed by atoms with Crippen LogP contribution in [0.3, 0.4) is 0 Å². The summed E-state index contributed by atoms with van der Waals surface area (Å²) < 4.78 is 0. The quantitative estimate of drug-likeness (QED) is 0.183. The summed E-state index contributed by atoms with van der Waals surface area (Å²) in [6.45, 7) is 0. The van der Waals surface area contributed by atoms with E-state index in [1.54, 1.807) is 83.6 Å². The fourth-order valence-corrected chi connectivity index (χ4v) is 3.29. The molecule has 0 saturated heterocycles. The van der Waals surface area contributed by atoms with Gasteiger partial charge in [0.25, 0.3) is 0 Å². The lowest BCUT2D eigenvalue weighted by molar-refractivity contribution is 1.33. The summed E-state index contributed by atoms with van der Waals surface area (Å²) in [6, 6.07) is 35.0. The van der Waals surface area contributed by atoms with E-state index in [1.165, 1.54) is 0 Å². The Hall–Kier alpha value is -4.30. The van der Waals surface area contributed by atoms with E-state index < -0.39 is 0 Å². The summed E-state index contributed by atoms with van der Waals surface area (Å²) in [7, 11) is 0. The number of hydrogen-bond donors (Lipinski definition) is 0. The van der Waals surface area contributed by atoms with Gasteiger partial charge in [-0.2, -0.15) is 34.0 Å². The number of rotatable bonds is 0. The Morgan fingerprint density at radius 2 is 0.385 bits per heavy atom. The number of pyridine rings is 4. The molecule has 0 amide bonds. The minimum atomic E-state index is 1.71. The molecule has 0 N–H and O–H groups in total. The molecule has 4 nitrogen and oxygen atoms in total. The van der Waals surface area contributed by atoms with Crippen molar-refractivity contribution in [2.24, 2.45) is 0 Å². The van der Waals surface area contributed by atoms with Crippen molar-refractivity contribution in [1.82, 2.24) is 19.9 Å². The highest BCUT2D eigenvalue weighted by atomic mass is 32.1. The Morgan fingerprint density at radius 1 is 0.205 bits per heavy atom. The molecule has 0 aliphatic heterocycles. The second-order valence-corrected chi connectivity index (χ2v) is 8.93. The molecule has 7 rings (SSSR count). The van der Waals surface area contributed by atoms with Crippen LogP contribution in [0.25, 0.3) is 0 Å². The van der Waals surface area contributed by atoms with Gasteiger partial charge in [0.05, 0.1) is 0 Å². The van der Waals surface area contributed by atoms with Crippen molar-refractivity contribution in [2.75, 3.05) is 0 Å². The molecule has 0 aromatic carbocycles. The van der Waals surface area contributed by atoms with Crippen LogP contribution >= 0.6 is 34.0 Å². The van der Waals surface area contributed by atoms with Gasteiger partial charge < -0.3 is 0 Å². The number of hydrogen-bond acceptors (Lipinski definition) is 7. The van der Waals surface area contributed by atoms with Crippen LogP contribution in [0.15, 0.2) is 191 Å². The minimum absolute atomic E-state index is 1.71. The summed E-state index contributed by atoms with van der Waals surface area (Å²) in [5.74, 6) is 0. The third kappa shape index (κ3) is 28.1. The van der Waals surface area contributed by atoms with Crippen LogP contribution in [0.4, 0.5) is 0 Å². The molecule has 0 fully saturated rings. The van der Waals surface area contributed by atoms with E-state index in [-0.39, 0.29) is 0 Å². The fourth-order valence-electron chi connectivity index (χ4n) is 1.93. The molecule has 39 heavy (non-hydrogen) atoms. The molecule has 0 atom stereocenters. The molecule has 0 bridgehead atoms. The Balaban J connectivity index is 0.000000228. The molecular formula is C32H32N4S3. The lowest BCUT2D eigenvalue weighted by Gasteiger charge is -1.70. The van der Waals surface area contributed by atoms with Gasteiger partial charge in [-0.1, -0.05) is 60.7 Å². The predicted octanol–water partition coefficient (Wildman–Crippen LogP) is 9.57. The molecule has 198 valence electrons. The van der Waals surface area contributed by atoms with E-state index in [0.717, 1.165) is 0 Å². The van der Waals surface area contributed by atoms with E-state index in [4.69, 9.17) is 0 Å². The third-order valence-electron chi connectivity index (χ3n) is 3.54. The van der Waals surface area contributed by atoms with Gasteiger partial charge in [-0.3, -0.25) is 19.9 Å². The van der Waals surface area contributed by atoms with Gasteiger partial charge in [-0.25, -0.2) is 0 Å². The second-order valence-electron chi connectivity index (χ2n) is 6.48. The first-order valence-corrected chi connectivity index (χ1v) is 14.6. The van der Waals surface area contributed by atoms with Crippen molar-refractivity contribution < 1.29 is 0 Å². The zero-order valence-electron chi connectivity index (χ0n) is 21.5. The molecule has 0 saturated carbocycles. The Bertz CT molecular complexity index is 876. The fraction of sp³-hybridized carbons (Fsp3) is 0. The maximum absolute atomic E-state index is 3.78.